The van der Waals surface area contributed by atoms with Crippen LogP contribution in [0.3, 0.4) is 0 Å². The van der Waals surface area contributed by atoms with Crippen LogP contribution in [0.1, 0.15) is 12.5 Å². The Balaban J connectivity index is 2.41. The number of ether oxygens (including phenoxy) is 1. The molecule has 16 heavy (non-hydrogen) atoms. The summed E-state index contributed by atoms with van der Waals surface area (Å²) in [4.78, 5) is 0. The standard InChI is InChI=1S/C11H15NO3S/c1-3-16(13,14)12-7-6-9-8-10(15-2)4-5-11(9)12/h4-5,8H,3,6-7H2,1-2H3. The van der Waals surface area contributed by atoms with Crippen LogP contribution in [0.4, 0.5) is 5.69 Å². The van der Waals surface area contributed by atoms with Crippen LogP contribution in [0.2, 0.25) is 0 Å². The first-order valence-corrected chi connectivity index (χ1v) is 6.86. The Bertz CT molecular complexity index is 496. The van der Waals surface area contributed by atoms with Gasteiger partial charge in [-0.3, -0.25) is 4.31 Å². The third-order valence-corrected chi connectivity index (χ3v) is 4.62. The van der Waals surface area contributed by atoms with E-state index in [1.165, 1.54) is 4.31 Å². The minimum Gasteiger partial charge on any atom is -0.497 e. The summed E-state index contributed by atoms with van der Waals surface area (Å²) in [6, 6.07) is 5.51. The number of sulfonamides is 1. The summed E-state index contributed by atoms with van der Waals surface area (Å²) in [5.41, 5.74) is 1.83. The molecule has 0 atom stereocenters. The fourth-order valence-corrected chi connectivity index (χ4v) is 3.08. The van der Waals surface area contributed by atoms with E-state index in [2.05, 4.69) is 0 Å². The van der Waals surface area contributed by atoms with Gasteiger partial charge in [-0.1, -0.05) is 0 Å². The maximum atomic E-state index is 11.8. The molecule has 2 rings (SSSR count). The molecular weight excluding hydrogens is 226 g/mol. The molecule has 4 nitrogen and oxygen atoms in total. The van der Waals surface area contributed by atoms with E-state index in [-0.39, 0.29) is 5.75 Å². The fraction of sp³-hybridized carbons (Fsp3) is 0.455. The van der Waals surface area contributed by atoms with Gasteiger partial charge in [0.2, 0.25) is 10.0 Å². The van der Waals surface area contributed by atoms with E-state index in [1.807, 2.05) is 12.1 Å². The third kappa shape index (κ3) is 1.75. The summed E-state index contributed by atoms with van der Waals surface area (Å²) in [6.45, 7) is 2.20. The number of nitrogens with zero attached hydrogens (tertiary/aromatic N) is 1. The van der Waals surface area contributed by atoms with E-state index in [0.717, 1.165) is 23.4 Å². The molecule has 0 radical (unpaired) electrons. The molecule has 0 aliphatic carbocycles. The first-order valence-electron chi connectivity index (χ1n) is 5.26. The molecule has 1 aliphatic heterocycles. The quantitative estimate of drug-likeness (QED) is 0.803. The van der Waals surface area contributed by atoms with Gasteiger partial charge in [-0.25, -0.2) is 8.42 Å². The van der Waals surface area contributed by atoms with Crippen molar-refractivity contribution in [2.24, 2.45) is 0 Å². The Hall–Kier alpha value is -1.23. The van der Waals surface area contributed by atoms with Gasteiger partial charge in [0.05, 0.1) is 18.6 Å². The average Bonchev–Trinajstić information content (AvgIpc) is 2.72. The van der Waals surface area contributed by atoms with Crippen LogP contribution in [0, 0.1) is 0 Å². The van der Waals surface area contributed by atoms with Gasteiger partial charge in [0.1, 0.15) is 5.75 Å². The second-order valence-corrected chi connectivity index (χ2v) is 5.90. The van der Waals surface area contributed by atoms with E-state index in [0.29, 0.717) is 6.54 Å². The summed E-state index contributed by atoms with van der Waals surface area (Å²) < 4.78 is 30.2. The normalized spacial score (nSPS) is 15.0. The molecule has 5 heteroatoms. The number of anilines is 1. The second kappa shape index (κ2) is 3.97. The van der Waals surface area contributed by atoms with Crippen LogP contribution in [0.25, 0.3) is 0 Å². The molecule has 0 spiro atoms. The number of hydrogen-bond donors (Lipinski definition) is 0. The molecule has 0 saturated carbocycles. The zero-order chi connectivity index (χ0) is 11.8. The van der Waals surface area contributed by atoms with Crippen LogP contribution >= 0.6 is 0 Å². The van der Waals surface area contributed by atoms with Gasteiger partial charge in [0.25, 0.3) is 0 Å². The molecule has 88 valence electrons. The molecular formula is C11H15NO3S. The summed E-state index contributed by atoms with van der Waals surface area (Å²) in [5.74, 6) is 0.910. The molecule has 0 N–H and O–H groups in total. The smallest absolute Gasteiger partial charge is 0.234 e. The number of rotatable bonds is 3. The second-order valence-electron chi connectivity index (χ2n) is 3.72. The summed E-state index contributed by atoms with van der Waals surface area (Å²) in [7, 11) is -1.53. The Kier molecular flexibility index (Phi) is 2.80. The van der Waals surface area contributed by atoms with Crippen LogP contribution in [-0.2, 0) is 16.4 Å². The molecule has 0 fully saturated rings. The van der Waals surface area contributed by atoms with Crippen molar-refractivity contribution in [1.82, 2.24) is 0 Å². The third-order valence-electron chi connectivity index (χ3n) is 2.84. The SMILES string of the molecule is CCS(=O)(=O)N1CCc2cc(OC)ccc21. The highest BCUT2D eigenvalue weighted by Gasteiger charge is 2.27. The molecule has 0 unspecified atom stereocenters. The van der Waals surface area contributed by atoms with Crippen molar-refractivity contribution in [2.75, 3.05) is 23.7 Å². The van der Waals surface area contributed by atoms with Gasteiger partial charge in [-0.2, -0.15) is 0 Å². The monoisotopic (exact) mass is 241 g/mol. The van der Waals surface area contributed by atoms with Crippen molar-refractivity contribution in [3.63, 3.8) is 0 Å². The summed E-state index contributed by atoms with van der Waals surface area (Å²) in [5, 5.41) is 0. The molecule has 0 bridgehead atoms. The van der Waals surface area contributed by atoms with Gasteiger partial charge in [0.15, 0.2) is 0 Å². The van der Waals surface area contributed by atoms with E-state index in [4.69, 9.17) is 4.74 Å². The molecule has 1 heterocycles. The average molecular weight is 241 g/mol. The maximum Gasteiger partial charge on any atom is 0.234 e. The Labute approximate surface area is 95.9 Å². The van der Waals surface area contributed by atoms with Crippen LogP contribution in [0.5, 0.6) is 5.75 Å². The lowest BCUT2D eigenvalue weighted by Gasteiger charge is -2.18. The maximum absolute atomic E-state index is 11.8. The lowest BCUT2D eigenvalue weighted by atomic mass is 10.1. The number of hydrogen-bond acceptors (Lipinski definition) is 3. The predicted molar refractivity (Wildman–Crippen MR) is 63.5 cm³/mol. The van der Waals surface area contributed by atoms with Gasteiger partial charge in [-0.05, 0) is 37.1 Å². The van der Waals surface area contributed by atoms with E-state index >= 15 is 0 Å². The number of methoxy groups -OCH3 is 1. The summed E-state index contributed by atoms with van der Waals surface area (Å²) in [6.07, 6.45) is 0.756. The van der Waals surface area contributed by atoms with Crippen molar-refractivity contribution < 1.29 is 13.2 Å². The molecule has 1 aromatic rings. The highest BCUT2D eigenvalue weighted by molar-refractivity contribution is 7.92. The zero-order valence-corrected chi connectivity index (χ0v) is 10.3. The lowest BCUT2D eigenvalue weighted by Crippen LogP contribution is -2.30. The number of fused-ring (bicyclic) bond motifs is 1. The van der Waals surface area contributed by atoms with E-state index < -0.39 is 10.0 Å². The van der Waals surface area contributed by atoms with Gasteiger partial charge in [-0.15, -0.1) is 0 Å². The van der Waals surface area contributed by atoms with E-state index in [9.17, 15) is 8.42 Å². The first-order chi connectivity index (χ1) is 7.58. The van der Waals surface area contributed by atoms with Crippen molar-refractivity contribution in [3.8, 4) is 5.75 Å². The van der Waals surface area contributed by atoms with Gasteiger partial charge >= 0.3 is 0 Å². The lowest BCUT2D eigenvalue weighted by molar-refractivity contribution is 0.414. The minimum atomic E-state index is -3.14. The largest absolute Gasteiger partial charge is 0.497 e. The number of benzene rings is 1. The minimum absolute atomic E-state index is 0.137. The first kappa shape index (κ1) is 11.3. The van der Waals surface area contributed by atoms with Crippen LogP contribution < -0.4 is 9.04 Å². The van der Waals surface area contributed by atoms with Crippen LogP contribution in [0.15, 0.2) is 18.2 Å². The van der Waals surface area contributed by atoms with Crippen molar-refractivity contribution in [2.45, 2.75) is 13.3 Å². The highest BCUT2D eigenvalue weighted by atomic mass is 32.2. The van der Waals surface area contributed by atoms with E-state index in [1.54, 1.807) is 20.1 Å². The molecule has 0 saturated heterocycles. The van der Waals surface area contributed by atoms with Crippen molar-refractivity contribution >= 4 is 15.7 Å². The summed E-state index contributed by atoms with van der Waals surface area (Å²) >= 11 is 0. The molecule has 0 aromatic heterocycles. The molecule has 0 amide bonds. The topological polar surface area (TPSA) is 46.6 Å². The Morgan fingerprint density at radius 2 is 2.19 bits per heavy atom. The van der Waals surface area contributed by atoms with Gasteiger partial charge < -0.3 is 4.74 Å². The van der Waals surface area contributed by atoms with Crippen molar-refractivity contribution in [1.29, 1.82) is 0 Å². The highest BCUT2D eigenvalue weighted by Crippen LogP contribution is 2.33. The van der Waals surface area contributed by atoms with Gasteiger partial charge in [0, 0.05) is 6.54 Å². The fourth-order valence-electron chi connectivity index (χ4n) is 1.92. The zero-order valence-electron chi connectivity index (χ0n) is 9.43. The van der Waals surface area contributed by atoms with Crippen LogP contribution in [-0.4, -0.2) is 27.8 Å². The van der Waals surface area contributed by atoms with Crippen molar-refractivity contribution in [3.05, 3.63) is 23.8 Å². The molecule has 1 aliphatic rings. The molecule has 1 aromatic carbocycles. The predicted octanol–water partition coefficient (Wildman–Crippen LogP) is 1.41. The Morgan fingerprint density at radius 3 is 2.81 bits per heavy atom. The Morgan fingerprint density at radius 1 is 1.44 bits per heavy atom.